The van der Waals surface area contributed by atoms with E-state index >= 15 is 0 Å². The van der Waals surface area contributed by atoms with Crippen LogP contribution >= 0.6 is 27.5 Å². The van der Waals surface area contributed by atoms with Crippen molar-refractivity contribution >= 4 is 49.2 Å². The Kier molecular flexibility index (Phi) is 4.55. The maximum atomic E-state index is 12.2. The number of sulfonamides is 1. The third-order valence-electron chi connectivity index (χ3n) is 2.58. The van der Waals surface area contributed by atoms with Crippen molar-refractivity contribution < 1.29 is 18.3 Å². The zero-order valence-electron chi connectivity index (χ0n) is 10.4. The van der Waals surface area contributed by atoms with Crippen LogP contribution < -0.4 is 4.72 Å². The molecule has 0 aliphatic rings. The number of benzene rings is 2. The van der Waals surface area contributed by atoms with Crippen LogP contribution in [0.4, 0.5) is 5.69 Å². The average Bonchev–Trinajstić information content (AvgIpc) is 2.41. The zero-order valence-corrected chi connectivity index (χ0v) is 13.5. The molecule has 2 N–H and O–H groups in total. The van der Waals surface area contributed by atoms with E-state index in [-0.39, 0.29) is 16.1 Å². The van der Waals surface area contributed by atoms with Gasteiger partial charge in [-0.3, -0.25) is 4.72 Å². The molecule has 2 aromatic rings. The molecule has 0 aliphatic heterocycles. The maximum Gasteiger partial charge on any atom is 0.335 e. The lowest BCUT2D eigenvalue weighted by atomic mass is 10.2. The van der Waals surface area contributed by atoms with Gasteiger partial charge in [-0.15, -0.1) is 0 Å². The fourth-order valence-electron chi connectivity index (χ4n) is 1.55. The van der Waals surface area contributed by atoms with Gasteiger partial charge in [-0.1, -0.05) is 11.6 Å². The van der Waals surface area contributed by atoms with Gasteiger partial charge < -0.3 is 5.11 Å². The minimum Gasteiger partial charge on any atom is -0.478 e. The number of anilines is 1. The number of aromatic carboxylic acids is 1. The van der Waals surface area contributed by atoms with Gasteiger partial charge in [-0.05, 0) is 58.4 Å². The fraction of sp³-hybridized carbons (Fsp3) is 0. The molecule has 2 aromatic carbocycles. The second kappa shape index (κ2) is 6.05. The first kappa shape index (κ1) is 15.8. The molecule has 0 bridgehead atoms. The summed E-state index contributed by atoms with van der Waals surface area (Å²) in [5, 5.41) is 9.36. The van der Waals surface area contributed by atoms with Crippen LogP contribution in [-0.4, -0.2) is 19.5 Å². The Morgan fingerprint density at radius 2 is 1.76 bits per heavy atom. The quantitative estimate of drug-likeness (QED) is 0.835. The van der Waals surface area contributed by atoms with Crippen LogP contribution in [0, 0.1) is 0 Å². The molecule has 0 radical (unpaired) electrons. The normalized spacial score (nSPS) is 11.1. The second-order valence-electron chi connectivity index (χ2n) is 4.06. The van der Waals surface area contributed by atoms with Crippen LogP contribution in [-0.2, 0) is 10.0 Å². The lowest BCUT2D eigenvalue weighted by Crippen LogP contribution is -2.13. The van der Waals surface area contributed by atoms with Gasteiger partial charge in [0.15, 0.2) is 0 Å². The van der Waals surface area contributed by atoms with Crippen LogP contribution in [0.3, 0.4) is 0 Å². The van der Waals surface area contributed by atoms with Crippen molar-refractivity contribution in [3.05, 3.63) is 57.5 Å². The smallest absolute Gasteiger partial charge is 0.335 e. The number of carboxylic acid groups (broad SMARTS) is 1. The molecule has 0 fully saturated rings. The van der Waals surface area contributed by atoms with E-state index in [1.807, 2.05) is 0 Å². The van der Waals surface area contributed by atoms with Gasteiger partial charge >= 0.3 is 5.97 Å². The van der Waals surface area contributed by atoms with E-state index in [1.165, 1.54) is 42.5 Å². The Labute approximate surface area is 134 Å². The van der Waals surface area contributed by atoms with Crippen molar-refractivity contribution in [3.8, 4) is 0 Å². The van der Waals surface area contributed by atoms with Crippen molar-refractivity contribution in [2.45, 2.75) is 4.90 Å². The van der Waals surface area contributed by atoms with E-state index in [1.54, 1.807) is 0 Å². The Balaban J connectivity index is 2.38. The number of halogens is 2. The third-order valence-corrected chi connectivity index (χ3v) is 4.91. The predicted molar refractivity (Wildman–Crippen MR) is 83.4 cm³/mol. The summed E-state index contributed by atoms with van der Waals surface area (Å²) < 4.78 is 27.2. The first-order chi connectivity index (χ1) is 9.79. The van der Waals surface area contributed by atoms with Crippen LogP contribution in [0.5, 0.6) is 0 Å². The standard InChI is InChI=1S/C13H9BrClNO4S/c14-11-6-1-8(13(17)18)7-12(11)16-21(19,20)10-4-2-9(15)3-5-10/h1-7,16H,(H,17,18). The van der Waals surface area contributed by atoms with Gasteiger partial charge in [-0.2, -0.15) is 0 Å². The van der Waals surface area contributed by atoms with Crippen molar-refractivity contribution in [1.29, 1.82) is 0 Å². The van der Waals surface area contributed by atoms with Crippen LogP contribution in [0.1, 0.15) is 10.4 Å². The molecule has 5 nitrogen and oxygen atoms in total. The SMILES string of the molecule is O=C(O)c1ccc(Br)c(NS(=O)(=O)c2ccc(Cl)cc2)c1. The van der Waals surface area contributed by atoms with E-state index in [9.17, 15) is 13.2 Å². The zero-order chi connectivity index (χ0) is 15.6. The molecule has 0 atom stereocenters. The highest BCUT2D eigenvalue weighted by molar-refractivity contribution is 9.10. The highest BCUT2D eigenvalue weighted by Crippen LogP contribution is 2.26. The molecule has 8 heteroatoms. The van der Waals surface area contributed by atoms with Crippen LogP contribution in [0.15, 0.2) is 51.8 Å². The number of nitrogens with one attached hydrogen (secondary N) is 1. The predicted octanol–water partition coefficient (Wildman–Crippen LogP) is 3.60. The summed E-state index contributed by atoms with van der Waals surface area (Å²) in [7, 11) is -3.83. The van der Waals surface area contributed by atoms with Crippen molar-refractivity contribution in [1.82, 2.24) is 0 Å². The molecule has 0 spiro atoms. The fourth-order valence-corrected chi connectivity index (χ4v) is 3.23. The van der Waals surface area contributed by atoms with E-state index in [0.717, 1.165) is 0 Å². The Morgan fingerprint density at radius 1 is 1.14 bits per heavy atom. The van der Waals surface area contributed by atoms with Gasteiger partial charge in [0.2, 0.25) is 0 Å². The van der Waals surface area contributed by atoms with Crippen molar-refractivity contribution in [2.75, 3.05) is 4.72 Å². The van der Waals surface area contributed by atoms with Gasteiger partial charge in [0.05, 0.1) is 16.1 Å². The first-order valence-electron chi connectivity index (χ1n) is 5.61. The third kappa shape index (κ3) is 3.75. The van der Waals surface area contributed by atoms with Crippen molar-refractivity contribution in [2.24, 2.45) is 0 Å². The molecule has 0 amide bonds. The minimum absolute atomic E-state index is 0.0213. The molecular weight excluding hydrogens is 382 g/mol. The molecule has 110 valence electrons. The number of hydrogen-bond donors (Lipinski definition) is 2. The highest BCUT2D eigenvalue weighted by atomic mass is 79.9. The summed E-state index contributed by atoms with van der Waals surface area (Å²) in [4.78, 5) is 11.0. The highest BCUT2D eigenvalue weighted by Gasteiger charge is 2.16. The van der Waals surface area contributed by atoms with E-state index in [0.29, 0.717) is 9.50 Å². The molecule has 0 heterocycles. The number of rotatable bonds is 4. The molecule has 0 aromatic heterocycles. The maximum absolute atomic E-state index is 12.2. The molecule has 0 saturated carbocycles. The summed E-state index contributed by atoms with van der Waals surface area (Å²) in [6, 6.07) is 9.70. The van der Waals surface area contributed by atoms with Gasteiger partial charge in [-0.25, -0.2) is 13.2 Å². The molecule has 0 aliphatic carbocycles. The molecule has 0 saturated heterocycles. The molecule has 21 heavy (non-hydrogen) atoms. The van der Waals surface area contributed by atoms with Crippen LogP contribution in [0.25, 0.3) is 0 Å². The number of carboxylic acids is 1. The van der Waals surface area contributed by atoms with Gasteiger partial charge in [0.25, 0.3) is 10.0 Å². The summed E-state index contributed by atoms with van der Waals surface area (Å²) in [5.41, 5.74) is 0.122. The minimum atomic E-state index is -3.83. The Hall–Kier alpha value is -1.57. The molecule has 0 unspecified atom stereocenters. The Bertz CT molecular complexity index is 790. The molecule has 2 rings (SSSR count). The summed E-state index contributed by atoms with van der Waals surface area (Å²) in [6.45, 7) is 0. The van der Waals surface area contributed by atoms with E-state index in [4.69, 9.17) is 16.7 Å². The largest absolute Gasteiger partial charge is 0.478 e. The lowest BCUT2D eigenvalue weighted by molar-refractivity contribution is 0.0697. The number of hydrogen-bond acceptors (Lipinski definition) is 3. The summed E-state index contributed by atoms with van der Waals surface area (Å²) >= 11 is 8.89. The van der Waals surface area contributed by atoms with E-state index in [2.05, 4.69) is 20.7 Å². The monoisotopic (exact) mass is 389 g/mol. The van der Waals surface area contributed by atoms with Crippen molar-refractivity contribution in [3.63, 3.8) is 0 Å². The summed E-state index contributed by atoms with van der Waals surface area (Å²) in [5.74, 6) is -1.14. The first-order valence-corrected chi connectivity index (χ1v) is 8.26. The summed E-state index contributed by atoms with van der Waals surface area (Å²) in [6.07, 6.45) is 0. The van der Waals surface area contributed by atoms with Gasteiger partial charge in [0, 0.05) is 9.50 Å². The molecular formula is C13H9BrClNO4S. The van der Waals surface area contributed by atoms with Crippen LogP contribution in [0.2, 0.25) is 5.02 Å². The Morgan fingerprint density at radius 3 is 2.33 bits per heavy atom. The van der Waals surface area contributed by atoms with Gasteiger partial charge in [0.1, 0.15) is 0 Å². The average molecular weight is 391 g/mol. The topological polar surface area (TPSA) is 83.5 Å². The van der Waals surface area contributed by atoms with E-state index < -0.39 is 16.0 Å². The lowest BCUT2D eigenvalue weighted by Gasteiger charge is -2.10. The number of carbonyl (C=O) groups is 1. The second-order valence-corrected chi connectivity index (χ2v) is 7.03.